The van der Waals surface area contributed by atoms with Crippen molar-refractivity contribution in [3.05, 3.63) is 70.8 Å². The first-order chi connectivity index (χ1) is 10.2. The SMILES string of the molecule is CC(C)c1ccc(CNCc2cccc(C3CC3)c2)cc1. The fourth-order valence-electron chi connectivity index (χ4n) is 2.75. The van der Waals surface area contributed by atoms with Crippen molar-refractivity contribution in [3.63, 3.8) is 0 Å². The van der Waals surface area contributed by atoms with Crippen molar-refractivity contribution in [1.82, 2.24) is 5.32 Å². The maximum Gasteiger partial charge on any atom is 0.0208 e. The second-order valence-electron chi connectivity index (χ2n) is 6.52. The van der Waals surface area contributed by atoms with Gasteiger partial charge in [-0.15, -0.1) is 0 Å². The van der Waals surface area contributed by atoms with Crippen LogP contribution in [-0.4, -0.2) is 0 Å². The molecule has 1 nitrogen and oxygen atoms in total. The van der Waals surface area contributed by atoms with E-state index in [1.54, 1.807) is 0 Å². The molecule has 0 bridgehead atoms. The Labute approximate surface area is 128 Å². The van der Waals surface area contributed by atoms with Crippen molar-refractivity contribution < 1.29 is 0 Å². The molecule has 3 rings (SSSR count). The van der Waals surface area contributed by atoms with E-state index in [0.29, 0.717) is 5.92 Å². The molecule has 0 amide bonds. The Kier molecular flexibility index (Phi) is 4.40. The minimum Gasteiger partial charge on any atom is -0.309 e. The van der Waals surface area contributed by atoms with Gasteiger partial charge in [0.1, 0.15) is 0 Å². The van der Waals surface area contributed by atoms with Gasteiger partial charge in [0.25, 0.3) is 0 Å². The van der Waals surface area contributed by atoms with Gasteiger partial charge in [-0.1, -0.05) is 62.4 Å². The van der Waals surface area contributed by atoms with Gasteiger partial charge in [-0.25, -0.2) is 0 Å². The molecule has 0 saturated heterocycles. The van der Waals surface area contributed by atoms with Crippen molar-refractivity contribution in [1.29, 1.82) is 0 Å². The monoisotopic (exact) mass is 279 g/mol. The number of hydrogen-bond donors (Lipinski definition) is 1. The van der Waals surface area contributed by atoms with E-state index in [1.807, 2.05) is 0 Å². The second-order valence-corrected chi connectivity index (χ2v) is 6.52. The summed E-state index contributed by atoms with van der Waals surface area (Å²) >= 11 is 0. The Balaban J connectivity index is 1.52. The standard InChI is InChI=1S/C20H25N/c1-15(2)18-8-6-16(7-9-18)13-21-14-17-4-3-5-20(12-17)19-10-11-19/h3-9,12,15,19,21H,10-11,13-14H2,1-2H3. The van der Waals surface area contributed by atoms with Gasteiger partial charge < -0.3 is 5.32 Å². The first kappa shape index (κ1) is 14.3. The van der Waals surface area contributed by atoms with Gasteiger partial charge in [0.2, 0.25) is 0 Å². The van der Waals surface area contributed by atoms with Crippen LogP contribution in [0.2, 0.25) is 0 Å². The molecule has 110 valence electrons. The predicted octanol–water partition coefficient (Wildman–Crippen LogP) is 4.98. The molecule has 0 aliphatic heterocycles. The van der Waals surface area contributed by atoms with Crippen molar-refractivity contribution in [2.45, 2.75) is 51.6 Å². The van der Waals surface area contributed by atoms with Crippen molar-refractivity contribution in [3.8, 4) is 0 Å². The van der Waals surface area contributed by atoms with Crippen LogP contribution in [0.15, 0.2) is 48.5 Å². The quantitative estimate of drug-likeness (QED) is 0.786. The highest BCUT2D eigenvalue weighted by molar-refractivity contribution is 5.29. The maximum absolute atomic E-state index is 3.55. The molecule has 0 aromatic heterocycles. The lowest BCUT2D eigenvalue weighted by Gasteiger charge is -2.09. The fraction of sp³-hybridized carbons (Fsp3) is 0.400. The van der Waals surface area contributed by atoms with E-state index in [-0.39, 0.29) is 0 Å². The van der Waals surface area contributed by atoms with Crippen LogP contribution in [0.1, 0.15) is 60.8 Å². The first-order valence-corrected chi connectivity index (χ1v) is 8.11. The fourth-order valence-corrected chi connectivity index (χ4v) is 2.75. The third-order valence-electron chi connectivity index (χ3n) is 4.30. The topological polar surface area (TPSA) is 12.0 Å². The molecule has 1 aliphatic rings. The zero-order chi connectivity index (χ0) is 14.7. The van der Waals surface area contributed by atoms with E-state index < -0.39 is 0 Å². The minimum absolute atomic E-state index is 0.608. The van der Waals surface area contributed by atoms with E-state index in [9.17, 15) is 0 Å². The molecule has 0 unspecified atom stereocenters. The molecule has 2 aromatic carbocycles. The van der Waals surface area contributed by atoms with E-state index >= 15 is 0 Å². The predicted molar refractivity (Wildman–Crippen MR) is 89.5 cm³/mol. The maximum atomic E-state index is 3.55. The molecule has 1 N–H and O–H groups in total. The summed E-state index contributed by atoms with van der Waals surface area (Å²) in [4.78, 5) is 0. The molecular formula is C20H25N. The molecule has 1 fully saturated rings. The molecule has 0 atom stereocenters. The van der Waals surface area contributed by atoms with Crippen LogP contribution >= 0.6 is 0 Å². The van der Waals surface area contributed by atoms with Gasteiger partial charge in [0.15, 0.2) is 0 Å². The van der Waals surface area contributed by atoms with Gasteiger partial charge in [0.05, 0.1) is 0 Å². The highest BCUT2D eigenvalue weighted by Gasteiger charge is 2.23. The lowest BCUT2D eigenvalue weighted by Crippen LogP contribution is -2.12. The summed E-state index contributed by atoms with van der Waals surface area (Å²) < 4.78 is 0. The molecule has 0 radical (unpaired) electrons. The summed E-state index contributed by atoms with van der Waals surface area (Å²) in [6.45, 7) is 6.36. The van der Waals surface area contributed by atoms with Crippen LogP contribution in [0, 0.1) is 0 Å². The lowest BCUT2D eigenvalue weighted by atomic mass is 10.0. The number of hydrogen-bond acceptors (Lipinski definition) is 1. The molecule has 1 aliphatic carbocycles. The zero-order valence-corrected chi connectivity index (χ0v) is 13.1. The van der Waals surface area contributed by atoms with E-state index in [4.69, 9.17) is 0 Å². The smallest absolute Gasteiger partial charge is 0.0208 e. The Morgan fingerprint density at radius 3 is 2.33 bits per heavy atom. The molecule has 2 aromatic rings. The number of benzene rings is 2. The normalized spacial score (nSPS) is 14.6. The Bertz CT molecular complexity index is 579. The molecule has 1 saturated carbocycles. The Morgan fingerprint density at radius 1 is 0.952 bits per heavy atom. The van der Waals surface area contributed by atoms with Crippen LogP contribution in [-0.2, 0) is 13.1 Å². The summed E-state index contributed by atoms with van der Waals surface area (Å²) in [6, 6.07) is 18.0. The van der Waals surface area contributed by atoms with Crippen LogP contribution in [0.5, 0.6) is 0 Å². The van der Waals surface area contributed by atoms with Crippen LogP contribution in [0.3, 0.4) is 0 Å². The highest BCUT2D eigenvalue weighted by Crippen LogP contribution is 2.40. The van der Waals surface area contributed by atoms with E-state index in [0.717, 1.165) is 19.0 Å². The third-order valence-corrected chi connectivity index (χ3v) is 4.30. The minimum atomic E-state index is 0.608. The van der Waals surface area contributed by atoms with Crippen molar-refractivity contribution >= 4 is 0 Å². The van der Waals surface area contributed by atoms with E-state index in [1.165, 1.54) is 35.1 Å². The van der Waals surface area contributed by atoms with Crippen LogP contribution in [0.4, 0.5) is 0 Å². The van der Waals surface area contributed by atoms with Crippen LogP contribution < -0.4 is 5.32 Å². The average Bonchev–Trinajstić information content (AvgIpc) is 3.33. The Morgan fingerprint density at radius 2 is 1.67 bits per heavy atom. The van der Waals surface area contributed by atoms with Gasteiger partial charge in [-0.3, -0.25) is 0 Å². The molecular weight excluding hydrogens is 254 g/mol. The zero-order valence-electron chi connectivity index (χ0n) is 13.1. The van der Waals surface area contributed by atoms with Gasteiger partial charge >= 0.3 is 0 Å². The molecule has 21 heavy (non-hydrogen) atoms. The van der Waals surface area contributed by atoms with Gasteiger partial charge in [-0.05, 0) is 46.9 Å². The summed E-state index contributed by atoms with van der Waals surface area (Å²) in [5, 5.41) is 3.55. The van der Waals surface area contributed by atoms with Gasteiger partial charge in [0, 0.05) is 13.1 Å². The number of rotatable bonds is 6. The third kappa shape index (κ3) is 3.95. The Hall–Kier alpha value is -1.60. The molecule has 1 heteroatoms. The van der Waals surface area contributed by atoms with Crippen LogP contribution in [0.25, 0.3) is 0 Å². The average molecular weight is 279 g/mol. The first-order valence-electron chi connectivity index (χ1n) is 8.11. The number of nitrogens with one attached hydrogen (secondary N) is 1. The lowest BCUT2D eigenvalue weighted by molar-refractivity contribution is 0.692. The largest absolute Gasteiger partial charge is 0.309 e. The summed E-state index contributed by atoms with van der Waals surface area (Å²) in [5.74, 6) is 1.45. The summed E-state index contributed by atoms with van der Waals surface area (Å²) in [6.07, 6.45) is 2.75. The second kappa shape index (κ2) is 6.44. The van der Waals surface area contributed by atoms with Crippen molar-refractivity contribution in [2.24, 2.45) is 0 Å². The van der Waals surface area contributed by atoms with Crippen molar-refractivity contribution in [2.75, 3.05) is 0 Å². The van der Waals surface area contributed by atoms with Gasteiger partial charge in [-0.2, -0.15) is 0 Å². The highest BCUT2D eigenvalue weighted by atomic mass is 14.8. The summed E-state index contributed by atoms with van der Waals surface area (Å²) in [5.41, 5.74) is 5.70. The van der Waals surface area contributed by atoms with E-state index in [2.05, 4.69) is 67.7 Å². The molecule has 0 spiro atoms. The summed E-state index contributed by atoms with van der Waals surface area (Å²) in [7, 11) is 0. The molecule has 0 heterocycles.